The number of hydrogen-bond donors (Lipinski definition) is 0. The molecule has 4 rings (SSSR count). The quantitative estimate of drug-likeness (QED) is 0.788. The van der Waals surface area contributed by atoms with Crippen molar-refractivity contribution < 1.29 is 14.3 Å². The molecule has 5 nitrogen and oxygen atoms in total. The van der Waals surface area contributed by atoms with Gasteiger partial charge in [0, 0.05) is 18.1 Å². The molecule has 2 aliphatic heterocycles. The van der Waals surface area contributed by atoms with Crippen LogP contribution in [0.25, 0.3) is 0 Å². The molecule has 6 heteroatoms. The fourth-order valence-corrected chi connectivity index (χ4v) is 3.66. The zero-order valence-electron chi connectivity index (χ0n) is 13.5. The van der Waals surface area contributed by atoms with Crippen molar-refractivity contribution in [3.8, 4) is 5.75 Å². The summed E-state index contributed by atoms with van der Waals surface area (Å²) in [7, 11) is 0. The molecule has 0 saturated carbocycles. The molecular weight excluding hydrogens is 340 g/mol. The van der Waals surface area contributed by atoms with Crippen LogP contribution in [0.2, 0.25) is 5.02 Å². The SMILES string of the molecule is O=C(Oc1ccccc1)N1CC(=O)N2CCc3ccc(Cl)cc3C2C1. The van der Waals surface area contributed by atoms with Crippen LogP contribution in [-0.4, -0.2) is 41.4 Å². The van der Waals surface area contributed by atoms with E-state index in [0.29, 0.717) is 23.9 Å². The van der Waals surface area contributed by atoms with E-state index in [1.54, 1.807) is 24.3 Å². The number of rotatable bonds is 1. The van der Waals surface area contributed by atoms with Gasteiger partial charge in [-0.15, -0.1) is 0 Å². The average Bonchev–Trinajstić information content (AvgIpc) is 2.62. The zero-order valence-corrected chi connectivity index (χ0v) is 14.3. The maximum absolute atomic E-state index is 12.5. The second kappa shape index (κ2) is 6.41. The summed E-state index contributed by atoms with van der Waals surface area (Å²) >= 11 is 6.14. The Morgan fingerprint density at radius 3 is 2.76 bits per heavy atom. The first-order valence-electron chi connectivity index (χ1n) is 8.21. The monoisotopic (exact) mass is 356 g/mol. The topological polar surface area (TPSA) is 49.9 Å². The molecule has 1 unspecified atom stereocenters. The number of ether oxygens (including phenoxy) is 1. The van der Waals surface area contributed by atoms with Crippen LogP contribution in [0.5, 0.6) is 5.75 Å². The van der Waals surface area contributed by atoms with Crippen LogP contribution in [0.1, 0.15) is 17.2 Å². The first kappa shape index (κ1) is 16.0. The summed E-state index contributed by atoms with van der Waals surface area (Å²) in [5.74, 6) is 0.404. The van der Waals surface area contributed by atoms with Crippen LogP contribution < -0.4 is 4.74 Å². The van der Waals surface area contributed by atoms with Crippen molar-refractivity contribution in [2.45, 2.75) is 12.5 Å². The van der Waals surface area contributed by atoms with Gasteiger partial charge in [0.1, 0.15) is 12.3 Å². The molecule has 2 aromatic rings. The predicted octanol–water partition coefficient (Wildman–Crippen LogP) is 3.28. The Hall–Kier alpha value is -2.53. The number of piperazine rings is 1. The normalized spacial score (nSPS) is 19.2. The van der Waals surface area contributed by atoms with Crippen LogP contribution >= 0.6 is 11.6 Å². The van der Waals surface area contributed by atoms with E-state index in [-0.39, 0.29) is 18.5 Å². The highest BCUT2D eigenvalue weighted by molar-refractivity contribution is 6.30. The smallest absolute Gasteiger partial charge is 0.410 e. The number of carbonyl (C=O) groups is 2. The average molecular weight is 357 g/mol. The van der Waals surface area contributed by atoms with Crippen molar-refractivity contribution in [3.63, 3.8) is 0 Å². The number of para-hydroxylation sites is 1. The van der Waals surface area contributed by atoms with Crippen LogP contribution in [0, 0.1) is 0 Å². The Kier molecular flexibility index (Phi) is 4.09. The molecule has 0 spiro atoms. The molecule has 1 fully saturated rings. The lowest BCUT2D eigenvalue weighted by Crippen LogP contribution is -2.56. The van der Waals surface area contributed by atoms with Gasteiger partial charge in [-0.1, -0.05) is 35.9 Å². The highest BCUT2D eigenvalue weighted by Crippen LogP contribution is 2.34. The number of carbonyl (C=O) groups excluding carboxylic acids is 2. The molecule has 2 aromatic carbocycles. The molecular formula is C19H17ClN2O3. The molecule has 2 heterocycles. The molecule has 0 bridgehead atoms. The van der Waals surface area contributed by atoms with Crippen LogP contribution in [0.4, 0.5) is 4.79 Å². The molecule has 2 aliphatic rings. The van der Waals surface area contributed by atoms with E-state index in [9.17, 15) is 9.59 Å². The van der Waals surface area contributed by atoms with Crippen molar-refractivity contribution in [3.05, 3.63) is 64.7 Å². The maximum atomic E-state index is 12.5. The van der Waals surface area contributed by atoms with Gasteiger partial charge in [0.25, 0.3) is 0 Å². The highest BCUT2D eigenvalue weighted by Gasteiger charge is 2.39. The van der Waals surface area contributed by atoms with Crippen molar-refractivity contribution in [1.82, 2.24) is 9.80 Å². The third-order valence-electron chi connectivity index (χ3n) is 4.71. The Bertz CT molecular complexity index is 825. The summed E-state index contributed by atoms with van der Waals surface area (Å²) in [5.41, 5.74) is 2.20. The minimum Gasteiger partial charge on any atom is -0.410 e. The van der Waals surface area contributed by atoms with Crippen LogP contribution in [0.3, 0.4) is 0 Å². The molecule has 1 atom stereocenters. The third-order valence-corrected chi connectivity index (χ3v) is 4.95. The van der Waals surface area contributed by atoms with Gasteiger partial charge in [-0.3, -0.25) is 9.69 Å². The standard InChI is InChI=1S/C19H17ClN2O3/c20-14-7-6-13-8-9-22-17(16(13)10-14)11-21(12-18(22)23)19(24)25-15-4-2-1-3-5-15/h1-7,10,17H,8-9,11-12H2. The molecule has 0 aliphatic carbocycles. The summed E-state index contributed by atoms with van der Waals surface area (Å²) in [6.07, 6.45) is 0.303. The van der Waals surface area contributed by atoms with Gasteiger partial charge < -0.3 is 9.64 Å². The molecule has 2 amide bonds. The Labute approximate surface area is 150 Å². The zero-order chi connectivity index (χ0) is 17.4. The lowest BCUT2D eigenvalue weighted by atomic mass is 9.91. The molecule has 1 saturated heterocycles. The second-order valence-electron chi connectivity index (χ2n) is 6.26. The Morgan fingerprint density at radius 2 is 1.96 bits per heavy atom. The largest absolute Gasteiger partial charge is 0.415 e. The second-order valence-corrected chi connectivity index (χ2v) is 6.69. The molecule has 128 valence electrons. The first-order chi connectivity index (χ1) is 12.1. The van der Waals surface area contributed by atoms with Gasteiger partial charge in [0.05, 0.1) is 6.04 Å². The van der Waals surface area contributed by atoms with Crippen LogP contribution in [0.15, 0.2) is 48.5 Å². The van der Waals surface area contributed by atoms with Crippen molar-refractivity contribution in [1.29, 1.82) is 0 Å². The number of fused-ring (bicyclic) bond motifs is 3. The Balaban J connectivity index is 1.58. The van der Waals surface area contributed by atoms with Gasteiger partial charge in [0.2, 0.25) is 5.91 Å². The fraction of sp³-hybridized carbons (Fsp3) is 0.263. The van der Waals surface area contributed by atoms with Gasteiger partial charge in [0.15, 0.2) is 0 Å². The van der Waals surface area contributed by atoms with E-state index in [1.807, 2.05) is 29.2 Å². The molecule has 0 aromatic heterocycles. The minimum absolute atomic E-state index is 0.0397. The minimum atomic E-state index is -0.506. The predicted molar refractivity (Wildman–Crippen MR) is 93.6 cm³/mol. The molecule has 25 heavy (non-hydrogen) atoms. The third kappa shape index (κ3) is 3.07. The number of hydrogen-bond acceptors (Lipinski definition) is 3. The van der Waals surface area contributed by atoms with E-state index in [2.05, 4.69) is 0 Å². The van der Waals surface area contributed by atoms with Gasteiger partial charge in [-0.05, 0) is 41.8 Å². The lowest BCUT2D eigenvalue weighted by Gasteiger charge is -2.44. The summed E-state index contributed by atoms with van der Waals surface area (Å²) in [5, 5.41) is 0.636. The summed E-state index contributed by atoms with van der Waals surface area (Å²) in [4.78, 5) is 28.3. The van der Waals surface area contributed by atoms with E-state index in [1.165, 1.54) is 10.5 Å². The van der Waals surface area contributed by atoms with E-state index < -0.39 is 6.09 Å². The Morgan fingerprint density at radius 1 is 1.16 bits per heavy atom. The number of amides is 2. The number of halogens is 1. The van der Waals surface area contributed by atoms with E-state index in [4.69, 9.17) is 16.3 Å². The van der Waals surface area contributed by atoms with Gasteiger partial charge >= 0.3 is 6.09 Å². The van der Waals surface area contributed by atoms with Crippen molar-refractivity contribution in [2.75, 3.05) is 19.6 Å². The number of benzene rings is 2. The fourth-order valence-electron chi connectivity index (χ4n) is 3.48. The summed E-state index contributed by atoms with van der Waals surface area (Å²) in [6, 6.07) is 14.5. The summed E-state index contributed by atoms with van der Waals surface area (Å²) in [6.45, 7) is 1.11. The lowest BCUT2D eigenvalue weighted by molar-refractivity contribution is -0.139. The van der Waals surface area contributed by atoms with Crippen molar-refractivity contribution in [2.24, 2.45) is 0 Å². The van der Waals surface area contributed by atoms with Crippen molar-refractivity contribution >= 4 is 23.6 Å². The number of nitrogens with zero attached hydrogens (tertiary/aromatic N) is 2. The van der Waals surface area contributed by atoms with Gasteiger partial charge in [-0.25, -0.2) is 4.79 Å². The molecule has 0 N–H and O–H groups in total. The maximum Gasteiger partial charge on any atom is 0.415 e. The van der Waals surface area contributed by atoms with Crippen LogP contribution in [-0.2, 0) is 11.2 Å². The van der Waals surface area contributed by atoms with E-state index >= 15 is 0 Å². The summed E-state index contributed by atoms with van der Waals surface area (Å²) < 4.78 is 5.38. The first-order valence-corrected chi connectivity index (χ1v) is 8.59. The van der Waals surface area contributed by atoms with E-state index in [0.717, 1.165) is 12.0 Å². The highest BCUT2D eigenvalue weighted by atomic mass is 35.5. The molecule has 0 radical (unpaired) electrons. The van der Waals surface area contributed by atoms with Gasteiger partial charge in [-0.2, -0.15) is 0 Å².